The molecule has 0 bridgehead atoms. The van der Waals surface area contributed by atoms with Crippen molar-refractivity contribution >= 4 is 41.4 Å². The second-order valence-corrected chi connectivity index (χ2v) is 10.1. The van der Waals surface area contributed by atoms with E-state index in [0.717, 1.165) is 33.9 Å². The molecule has 1 amide bonds. The number of anilines is 2. The second kappa shape index (κ2) is 8.68. The van der Waals surface area contributed by atoms with Crippen LogP contribution in [-0.4, -0.2) is 41.5 Å². The number of nitrogens with two attached hydrogens (primary N) is 1. The number of carbonyl (C=O) groups excluding carboxylic acids is 1. The zero-order chi connectivity index (χ0) is 21.3. The van der Waals surface area contributed by atoms with Crippen molar-refractivity contribution in [3.05, 3.63) is 60.4 Å². The summed E-state index contributed by atoms with van der Waals surface area (Å²) in [6, 6.07) is 14.1. The topological polar surface area (TPSA) is 83.3 Å². The average Bonchev–Trinajstić information content (AvgIpc) is 2.75. The van der Waals surface area contributed by atoms with Crippen LogP contribution in [0.3, 0.4) is 0 Å². The number of hydrogen-bond donors (Lipinski definition) is 3. The van der Waals surface area contributed by atoms with E-state index >= 15 is 0 Å². The molecular formula is C23H28N5OP. The average molecular weight is 421 g/mol. The Morgan fingerprint density at radius 1 is 1.27 bits per heavy atom. The normalized spacial score (nSPS) is 19.7. The number of fused-ring (bicyclic) bond motifs is 2. The van der Waals surface area contributed by atoms with Gasteiger partial charge in [0.1, 0.15) is 0 Å². The van der Waals surface area contributed by atoms with Gasteiger partial charge in [0.05, 0.1) is 12.1 Å². The molecular weight excluding hydrogens is 393 g/mol. The number of aromatic nitrogens is 1. The van der Waals surface area contributed by atoms with Gasteiger partial charge in [-0.25, -0.2) is 0 Å². The van der Waals surface area contributed by atoms with Crippen molar-refractivity contribution in [3.8, 4) is 0 Å². The number of nitrogens with zero attached hydrogens (tertiary/aromatic N) is 2. The van der Waals surface area contributed by atoms with Crippen molar-refractivity contribution in [1.82, 2.24) is 9.65 Å². The van der Waals surface area contributed by atoms with Gasteiger partial charge in [0.2, 0.25) is 5.91 Å². The van der Waals surface area contributed by atoms with E-state index in [1.54, 1.807) is 6.20 Å². The van der Waals surface area contributed by atoms with Crippen LogP contribution < -0.4 is 21.7 Å². The lowest BCUT2D eigenvalue weighted by Gasteiger charge is -2.40. The molecule has 0 fully saturated rings. The summed E-state index contributed by atoms with van der Waals surface area (Å²) < 4.78 is 2.40. The summed E-state index contributed by atoms with van der Waals surface area (Å²) >= 11 is 0. The molecule has 4 N–H and O–H groups in total. The quantitative estimate of drug-likeness (QED) is 0.548. The molecule has 0 radical (unpaired) electrons. The van der Waals surface area contributed by atoms with Gasteiger partial charge in [-0.05, 0) is 63.4 Å². The van der Waals surface area contributed by atoms with Gasteiger partial charge in [0.25, 0.3) is 0 Å². The lowest BCUT2D eigenvalue weighted by molar-refractivity contribution is -0.117. The Labute approximate surface area is 178 Å². The summed E-state index contributed by atoms with van der Waals surface area (Å²) in [5, 5.41) is 10.0. The molecule has 0 saturated heterocycles. The first-order valence-corrected chi connectivity index (χ1v) is 11.7. The molecule has 0 saturated carbocycles. The molecule has 4 rings (SSSR count). The molecule has 0 aliphatic carbocycles. The van der Waals surface area contributed by atoms with Gasteiger partial charge in [-0.15, -0.1) is 0 Å². The molecule has 1 aromatic heterocycles. The summed E-state index contributed by atoms with van der Waals surface area (Å²) in [5.74, 6) is -0.502. The van der Waals surface area contributed by atoms with Gasteiger partial charge in [-0.3, -0.25) is 14.4 Å². The third kappa shape index (κ3) is 3.91. The van der Waals surface area contributed by atoms with Gasteiger partial charge in [-0.2, -0.15) is 0 Å². The molecule has 3 unspecified atom stereocenters. The van der Waals surface area contributed by atoms with Gasteiger partial charge >= 0.3 is 0 Å². The van der Waals surface area contributed by atoms with Gasteiger partial charge in [-0.1, -0.05) is 25.1 Å². The minimum Gasteiger partial charge on any atom is -0.369 e. The number of benzene rings is 2. The zero-order valence-electron chi connectivity index (χ0n) is 17.6. The highest BCUT2D eigenvalue weighted by Gasteiger charge is 2.29. The number of pyridine rings is 1. The van der Waals surface area contributed by atoms with Gasteiger partial charge < -0.3 is 16.4 Å². The van der Waals surface area contributed by atoms with Crippen LogP contribution in [0.2, 0.25) is 0 Å². The smallest absolute Gasteiger partial charge is 0.233 e. The summed E-state index contributed by atoms with van der Waals surface area (Å²) in [5.41, 5.74) is 8.86. The first-order valence-electron chi connectivity index (χ1n) is 10.3. The fourth-order valence-corrected chi connectivity index (χ4v) is 6.24. The fraction of sp³-hybridized carbons (Fsp3) is 0.304. The van der Waals surface area contributed by atoms with E-state index in [2.05, 4.69) is 59.4 Å². The molecule has 7 heteroatoms. The highest BCUT2D eigenvalue weighted by atomic mass is 31.1. The van der Waals surface area contributed by atoms with E-state index in [4.69, 9.17) is 5.73 Å². The first kappa shape index (κ1) is 20.7. The van der Waals surface area contributed by atoms with Crippen molar-refractivity contribution in [2.24, 2.45) is 5.73 Å². The largest absolute Gasteiger partial charge is 0.369 e. The van der Waals surface area contributed by atoms with E-state index in [1.807, 2.05) is 30.5 Å². The van der Waals surface area contributed by atoms with E-state index < -0.39 is 5.92 Å². The van der Waals surface area contributed by atoms with Crippen molar-refractivity contribution in [3.63, 3.8) is 0 Å². The summed E-state index contributed by atoms with van der Waals surface area (Å²) in [6.45, 7) is 4.65. The minimum absolute atomic E-state index is 0.0930. The Hall–Kier alpha value is -2.53. The van der Waals surface area contributed by atoms with E-state index in [-0.39, 0.29) is 26.7 Å². The molecule has 30 heavy (non-hydrogen) atoms. The van der Waals surface area contributed by atoms with E-state index in [1.165, 1.54) is 5.30 Å². The molecule has 2 heterocycles. The zero-order valence-corrected chi connectivity index (χ0v) is 18.5. The number of carbonyl (C=O) groups is 1. The number of rotatable bonds is 5. The van der Waals surface area contributed by atoms with Crippen LogP contribution in [0.5, 0.6) is 0 Å². The Bertz CT molecular complexity index is 1070. The maximum atomic E-state index is 13.1. The van der Waals surface area contributed by atoms with Gasteiger partial charge in [0, 0.05) is 41.0 Å². The van der Waals surface area contributed by atoms with Crippen molar-refractivity contribution in [2.75, 3.05) is 30.4 Å². The molecule has 1 aliphatic heterocycles. The van der Waals surface area contributed by atoms with E-state index in [9.17, 15) is 4.79 Å². The van der Waals surface area contributed by atoms with Crippen molar-refractivity contribution in [2.45, 2.75) is 25.9 Å². The summed E-state index contributed by atoms with van der Waals surface area (Å²) in [4.78, 5) is 17.2. The van der Waals surface area contributed by atoms with Crippen LogP contribution >= 0.6 is 8.07 Å². The number of amides is 1. The number of nitrogens with one attached hydrogen (secondary N) is 2. The van der Waals surface area contributed by atoms with Crippen LogP contribution in [-0.2, 0) is 4.79 Å². The third-order valence-corrected chi connectivity index (χ3v) is 8.42. The lowest BCUT2D eigenvalue weighted by atomic mass is 9.97. The third-order valence-electron chi connectivity index (χ3n) is 5.77. The highest BCUT2D eigenvalue weighted by Crippen LogP contribution is 2.45. The monoisotopic (exact) mass is 421 g/mol. The fourth-order valence-electron chi connectivity index (χ4n) is 3.99. The molecule has 0 spiro atoms. The molecule has 1 aliphatic rings. The summed E-state index contributed by atoms with van der Waals surface area (Å²) in [7, 11) is 1.81. The molecule has 3 aromatic rings. The highest BCUT2D eigenvalue weighted by molar-refractivity contribution is 7.63. The number of hydrogen-bond acceptors (Lipinski definition) is 5. The Morgan fingerprint density at radius 2 is 2.10 bits per heavy atom. The van der Waals surface area contributed by atoms with Crippen LogP contribution in [0.25, 0.3) is 10.8 Å². The second-order valence-electron chi connectivity index (χ2n) is 7.60. The standard InChI is InChI=1S/C23H28N5OP/c1-4-30-22-8-6-17(12-21(22)26-15(2)28(30)3)20(13-24)23(29)27-19-7-5-18-14-25-10-9-16(18)11-19/h5-12,14-15,20,26H,4,13,24H2,1-3H3,(H,27,29). The predicted octanol–water partition coefficient (Wildman–Crippen LogP) is 3.66. The van der Waals surface area contributed by atoms with Crippen LogP contribution in [0.15, 0.2) is 54.9 Å². The SMILES string of the molecule is CCP1c2ccc(C(CN)C(=O)Nc3ccc4cnccc4c3)cc2NC(C)N1C. The molecule has 156 valence electrons. The predicted molar refractivity (Wildman–Crippen MR) is 127 cm³/mol. The maximum absolute atomic E-state index is 13.1. The van der Waals surface area contributed by atoms with Crippen molar-refractivity contribution < 1.29 is 4.79 Å². The lowest BCUT2D eigenvalue weighted by Crippen LogP contribution is -2.41. The molecule has 6 nitrogen and oxygen atoms in total. The molecule has 3 atom stereocenters. The Balaban J connectivity index is 1.58. The van der Waals surface area contributed by atoms with E-state index in [0.29, 0.717) is 0 Å². The maximum Gasteiger partial charge on any atom is 0.233 e. The van der Waals surface area contributed by atoms with Crippen LogP contribution in [0, 0.1) is 0 Å². The Kier molecular flexibility index (Phi) is 6.00. The Morgan fingerprint density at radius 3 is 2.87 bits per heavy atom. The van der Waals surface area contributed by atoms with Crippen LogP contribution in [0.1, 0.15) is 25.3 Å². The van der Waals surface area contributed by atoms with Crippen molar-refractivity contribution in [1.29, 1.82) is 0 Å². The first-order chi connectivity index (χ1) is 14.5. The van der Waals surface area contributed by atoms with Gasteiger partial charge in [0.15, 0.2) is 0 Å². The minimum atomic E-state index is -0.409. The molecule has 2 aromatic carbocycles. The summed E-state index contributed by atoms with van der Waals surface area (Å²) in [6.07, 6.45) is 4.92. The van der Waals surface area contributed by atoms with Crippen LogP contribution in [0.4, 0.5) is 11.4 Å².